The Bertz CT molecular complexity index is 665. The maximum absolute atomic E-state index is 12.1. The SMILES string of the molecule is CCN(CC)CC#CC1=CC2CC3(OC(=O)C=C13)C1CCCCN21. The molecule has 0 aromatic carbocycles. The van der Waals surface area contributed by atoms with Gasteiger partial charge in [0.1, 0.15) is 0 Å². The number of carbonyl (C=O) groups excluding carboxylic acids is 1. The first-order valence-electron chi connectivity index (χ1n) is 9.32. The average Bonchev–Trinajstić information content (AvgIpc) is 3.08. The molecule has 0 N–H and O–H groups in total. The van der Waals surface area contributed by atoms with Gasteiger partial charge in [-0.15, -0.1) is 0 Å². The lowest BCUT2D eigenvalue weighted by molar-refractivity contribution is -0.148. The van der Waals surface area contributed by atoms with Gasteiger partial charge >= 0.3 is 5.97 Å². The molecule has 4 nitrogen and oxygen atoms in total. The van der Waals surface area contributed by atoms with E-state index in [1.807, 2.05) is 0 Å². The first kappa shape index (κ1) is 15.9. The molecule has 3 atom stereocenters. The number of ether oxygens (including phenoxy) is 1. The molecule has 3 heterocycles. The lowest BCUT2D eigenvalue weighted by Gasteiger charge is -2.38. The molecule has 0 aromatic heterocycles. The minimum absolute atomic E-state index is 0.186. The lowest BCUT2D eigenvalue weighted by Crippen LogP contribution is -2.48. The predicted molar refractivity (Wildman–Crippen MR) is 93.3 cm³/mol. The zero-order valence-corrected chi connectivity index (χ0v) is 14.7. The number of nitrogens with zero attached hydrogens (tertiary/aromatic N) is 2. The van der Waals surface area contributed by atoms with E-state index < -0.39 is 5.60 Å². The number of esters is 1. The number of piperidine rings is 1. The smallest absolute Gasteiger partial charge is 0.332 e. The van der Waals surface area contributed by atoms with Crippen molar-refractivity contribution in [2.75, 3.05) is 26.2 Å². The summed E-state index contributed by atoms with van der Waals surface area (Å²) in [6, 6.07) is 0.711. The van der Waals surface area contributed by atoms with Gasteiger partial charge in [-0.05, 0) is 32.5 Å². The van der Waals surface area contributed by atoms with E-state index in [-0.39, 0.29) is 5.97 Å². The van der Waals surface area contributed by atoms with Crippen molar-refractivity contribution in [3.63, 3.8) is 0 Å². The minimum atomic E-state index is -0.421. The second kappa shape index (κ2) is 6.06. The molecule has 4 rings (SSSR count). The monoisotopic (exact) mass is 326 g/mol. The quantitative estimate of drug-likeness (QED) is 0.587. The van der Waals surface area contributed by atoms with Crippen LogP contribution in [0.4, 0.5) is 0 Å². The van der Waals surface area contributed by atoms with Gasteiger partial charge in [0.15, 0.2) is 5.60 Å². The van der Waals surface area contributed by atoms with Crippen LogP contribution in [-0.2, 0) is 9.53 Å². The van der Waals surface area contributed by atoms with Gasteiger partial charge in [-0.2, -0.15) is 0 Å². The number of rotatable bonds is 3. The molecule has 128 valence electrons. The van der Waals surface area contributed by atoms with Crippen LogP contribution >= 0.6 is 0 Å². The van der Waals surface area contributed by atoms with Crippen LogP contribution in [0.5, 0.6) is 0 Å². The summed E-state index contributed by atoms with van der Waals surface area (Å²) in [5.74, 6) is 6.49. The Labute approximate surface area is 144 Å². The van der Waals surface area contributed by atoms with E-state index in [1.165, 1.54) is 12.8 Å². The Kier molecular flexibility index (Phi) is 4.02. The van der Waals surface area contributed by atoms with E-state index in [9.17, 15) is 4.79 Å². The fourth-order valence-electron chi connectivity index (χ4n) is 4.86. The second-order valence-corrected chi connectivity index (χ2v) is 7.23. The summed E-state index contributed by atoms with van der Waals surface area (Å²) in [6.07, 6.45) is 8.49. The topological polar surface area (TPSA) is 32.8 Å². The highest BCUT2D eigenvalue weighted by Crippen LogP contribution is 2.53. The fraction of sp³-hybridized carbons (Fsp3) is 0.650. The van der Waals surface area contributed by atoms with E-state index in [2.05, 4.69) is 41.6 Å². The average molecular weight is 326 g/mol. The Morgan fingerprint density at radius 3 is 3.00 bits per heavy atom. The Morgan fingerprint density at radius 2 is 2.21 bits per heavy atom. The van der Waals surface area contributed by atoms with Crippen molar-refractivity contribution in [1.29, 1.82) is 0 Å². The van der Waals surface area contributed by atoms with Gasteiger partial charge < -0.3 is 4.74 Å². The van der Waals surface area contributed by atoms with Crippen LogP contribution in [0.2, 0.25) is 0 Å². The standard InChI is InChI=1S/C20H26N2O2/c1-3-21(4-2)10-7-8-15-12-16-14-20(17(15)13-19(23)24-20)18-9-5-6-11-22(16)18/h12-13,16,18H,3-6,9-11,14H2,1-2H3. The third-order valence-corrected chi connectivity index (χ3v) is 6.09. The largest absolute Gasteiger partial charge is 0.449 e. The van der Waals surface area contributed by atoms with Crippen molar-refractivity contribution >= 4 is 5.97 Å². The van der Waals surface area contributed by atoms with Crippen LogP contribution in [0, 0.1) is 11.8 Å². The summed E-state index contributed by atoms with van der Waals surface area (Å²) in [6.45, 7) is 8.22. The van der Waals surface area contributed by atoms with Crippen molar-refractivity contribution < 1.29 is 9.53 Å². The molecule has 3 aliphatic heterocycles. The molecule has 0 radical (unpaired) electrons. The Hall–Kier alpha value is -1.57. The van der Waals surface area contributed by atoms with Gasteiger partial charge in [-0.1, -0.05) is 38.2 Å². The van der Waals surface area contributed by atoms with Gasteiger partial charge in [-0.3, -0.25) is 9.80 Å². The summed E-state index contributed by atoms with van der Waals surface area (Å²) < 4.78 is 5.92. The molecule has 2 fully saturated rings. The van der Waals surface area contributed by atoms with Gasteiger partial charge in [0.05, 0.1) is 12.6 Å². The van der Waals surface area contributed by atoms with Crippen molar-refractivity contribution in [2.24, 2.45) is 0 Å². The van der Waals surface area contributed by atoms with Crippen molar-refractivity contribution in [1.82, 2.24) is 9.80 Å². The van der Waals surface area contributed by atoms with Crippen LogP contribution in [-0.4, -0.2) is 59.6 Å². The van der Waals surface area contributed by atoms with E-state index >= 15 is 0 Å². The number of fused-ring (bicyclic) bond motifs is 3. The molecule has 1 spiro atoms. The molecule has 4 aliphatic rings. The zero-order valence-electron chi connectivity index (χ0n) is 14.7. The van der Waals surface area contributed by atoms with Crippen LogP contribution in [0.1, 0.15) is 39.5 Å². The predicted octanol–water partition coefficient (Wildman–Crippen LogP) is 2.12. The molecule has 0 aromatic rings. The minimum Gasteiger partial charge on any atom is -0.449 e. The summed E-state index contributed by atoms with van der Waals surface area (Å²) >= 11 is 0. The van der Waals surface area contributed by atoms with Gasteiger partial charge in [0.25, 0.3) is 0 Å². The van der Waals surface area contributed by atoms with E-state index in [1.54, 1.807) is 6.08 Å². The van der Waals surface area contributed by atoms with Gasteiger partial charge in [-0.25, -0.2) is 4.79 Å². The first-order valence-corrected chi connectivity index (χ1v) is 9.32. The van der Waals surface area contributed by atoms with Crippen LogP contribution in [0.3, 0.4) is 0 Å². The molecule has 1 aliphatic carbocycles. The number of hydrogen-bond acceptors (Lipinski definition) is 4. The molecular formula is C20H26N2O2. The van der Waals surface area contributed by atoms with Crippen LogP contribution in [0.25, 0.3) is 0 Å². The van der Waals surface area contributed by atoms with Crippen LogP contribution < -0.4 is 0 Å². The van der Waals surface area contributed by atoms with E-state index in [0.29, 0.717) is 12.1 Å². The highest BCUT2D eigenvalue weighted by Gasteiger charge is 2.61. The maximum Gasteiger partial charge on any atom is 0.332 e. The van der Waals surface area contributed by atoms with Crippen LogP contribution in [0.15, 0.2) is 23.3 Å². The normalized spacial score (nSPS) is 34.0. The van der Waals surface area contributed by atoms with Crippen molar-refractivity contribution in [2.45, 2.75) is 57.2 Å². The third-order valence-electron chi connectivity index (χ3n) is 6.09. The number of hydrogen-bond donors (Lipinski definition) is 0. The second-order valence-electron chi connectivity index (χ2n) is 7.23. The molecule has 0 amide bonds. The summed E-state index contributed by atoms with van der Waals surface area (Å²) in [5.41, 5.74) is 1.65. The van der Waals surface area contributed by atoms with Crippen molar-refractivity contribution in [3.8, 4) is 11.8 Å². The molecule has 4 heteroatoms. The highest BCUT2D eigenvalue weighted by atomic mass is 16.6. The Morgan fingerprint density at radius 1 is 1.38 bits per heavy atom. The molecular weight excluding hydrogens is 300 g/mol. The molecule has 24 heavy (non-hydrogen) atoms. The third kappa shape index (κ3) is 2.34. The van der Waals surface area contributed by atoms with E-state index in [0.717, 1.165) is 50.2 Å². The van der Waals surface area contributed by atoms with Gasteiger partial charge in [0, 0.05) is 29.7 Å². The maximum atomic E-state index is 12.1. The first-order chi connectivity index (χ1) is 11.7. The fourth-order valence-corrected chi connectivity index (χ4v) is 4.86. The summed E-state index contributed by atoms with van der Waals surface area (Å²) in [5, 5.41) is 0. The number of carbonyl (C=O) groups is 1. The van der Waals surface area contributed by atoms with Crippen molar-refractivity contribution in [3.05, 3.63) is 23.3 Å². The summed E-state index contributed by atoms with van der Waals surface area (Å²) in [7, 11) is 0. The van der Waals surface area contributed by atoms with E-state index in [4.69, 9.17) is 4.74 Å². The highest BCUT2D eigenvalue weighted by molar-refractivity contribution is 5.90. The van der Waals surface area contributed by atoms with Gasteiger partial charge in [0.2, 0.25) is 0 Å². The molecule has 2 saturated heterocycles. The lowest BCUT2D eigenvalue weighted by atomic mass is 9.77. The summed E-state index contributed by atoms with van der Waals surface area (Å²) in [4.78, 5) is 16.9. The molecule has 0 saturated carbocycles. The molecule has 3 unspecified atom stereocenters. The molecule has 2 bridgehead atoms. The Balaban J connectivity index is 1.65. The zero-order chi connectivity index (χ0) is 16.7.